The van der Waals surface area contributed by atoms with Crippen LogP contribution in [0, 0.1) is 0 Å². The van der Waals surface area contributed by atoms with E-state index in [1.54, 1.807) is 0 Å². The summed E-state index contributed by atoms with van der Waals surface area (Å²) in [5.41, 5.74) is 2.31. The van der Waals surface area contributed by atoms with Crippen LogP contribution >= 0.6 is 0 Å². The van der Waals surface area contributed by atoms with Crippen LogP contribution in [0.3, 0.4) is 0 Å². The third-order valence-electron chi connectivity index (χ3n) is 4.52. The number of para-hydroxylation sites is 1. The second-order valence-electron chi connectivity index (χ2n) is 7.77. The van der Waals surface area contributed by atoms with E-state index < -0.39 is 11.7 Å². The number of aromatic nitrogens is 3. The standard InChI is InChI=1S/C20H24N4O3.C2H6/c1-20(2,3)27-19(25)22-10-13-12-26-9-8-17-23-16-11-21-15-7-5-4-6-14(15)18(16)24(13)17;1-2/h4-7,11,13H,8-10,12H2,1-3H3,(H,22,25);1-2H3/t13-;/m0./s1. The number of nitrogens with one attached hydrogen (secondary N) is 1. The van der Waals surface area contributed by atoms with Crippen LogP contribution < -0.4 is 5.32 Å². The van der Waals surface area contributed by atoms with Crippen LogP contribution in [0.25, 0.3) is 21.9 Å². The summed E-state index contributed by atoms with van der Waals surface area (Å²) < 4.78 is 13.3. The number of benzene rings is 1. The molecule has 0 fully saturated rings. The molecule has 0 saturated carbocycles. The molecule has 0 aliphatic carbocycles. The highest BCUT2D eigenvalue weighted by Gasteiger charge is 2.25. The molecule has 0 saturated heterocycles. The zero-order chi connectivity index (χ0) is 21.0. The van der Waals surface area contributed by atoms with E-state index in [-0.39, 0.29) is 6.04 Å². The SMILES string of the molecule is CC.CC(C)(C)OC(=O)NC[C@H]1COCCc2nc3cnc4ccccc4c3n21. The average Bonchev–Trinajstić information content (AvgIpc) is 2.95. The minimum absolute atomic E-state index is 0.0641. The van der Waals surface area contributed by atoms with E-state index in [0.29, 0.717) is 19.8 Å². The maximum Gasteiger partial charge on any atom is 0.407 e. The van der Waals surface area contributed by atoms with Gasteiger partial charge in [0.2, 0.25) is 0 Å². The molecule has 29 heavy (non-hydrogen) atoms. The van der Waals surface area contributed by atoms with Gasteiger partial charge in [0, 0.05) is 18.4 Å². The smallest absolute Gasteiger partial charge is 0.407 e. The number of fused-ring (bicyclic) bond motifs is 5. The summed E-state index contributed by atoms with van der Waals surface area (Å²) in [5, 5.41) is 3.93. The van der Waals surface area contributed by atoms with Crippen LogP contribution in [0.1, 0.15) is 46.5 Å². The lowest BCUT2D eigenvalue weighted by atomic mass is 10.2. The molecule has 1 N–H and O–H groups in total. The van der Waals surface area contributed by atoms with Gasteiger partial charge in [0.05, 0.1) is 36.5 Å². The number of ether oxygens (including phenoxy) is 2. The first kappa shape index (κ1) is 21.0. The van der Waals surface area contributed by atoms with Crippen molar-refractivity contribution in [3.63, 3.8) is 0 Å². The highest BCUT2D eigenvalue weighted by atomic mass is 16.6. The van der Waals surface area contributed by atoms with Crippen molar-refractivity contribution in [3.8, 4) is 0 Å². The highest BCUT2D eigenvalue weighted by Crippen LogP contribution is 2.29. The van der Waals surface area contributed by atoms with Gasteiger partial charge in [0.1, 0.15) is 16.9 Å². The fourth-order valence-corrected chi connectivity index (χ4v) is 3.47. The molecule has 1 aliphatic rings. The predicted octanol–water partition coefficient (Wildman–Crippen LogP) is 4.25. The lowest BCUT2D eigenvalue weighted by Gasteiger charge is -2.23. The number of carbonyl (C=O) groups excluding carboxylic acids is 1. The van der Waals surface area contributed by atoms with Gasteiger partial charge in [0.15, 0.2) is 0 Å². The van der Waals surface area contributed by atoms with E-state index in [9.17, 15) is 4.79 Å². The second kappa shape index (κ2) is 8.78. The number of carbonyl (C=O) groups is 1. The zero-order valence-electron chi connectivity index (χ0n) is 17.9. The molecule has 0 bridgehead atoms. The maximum absolute atomic E-state index is 12.1. The Hall–Kier alpha value is -2.67. The summed E-state index contributed by atoms with van der Waals surface area (Å²) >= 11 is 0. The number of amides is 1. The van der Waals surface area contributed by atoms with E-state index in [2.05, 4.69) is 20.9 Å². The van der Waals surface area contributed by atoms with Crippen molar-refractivity contribution in [2.45, 2.75) is 52.7 Å². The lowest BCUT2D eigenvalue weighted by molar-refractivity contribution is 0.0505. The summed E-state index contributed by atoms with van der Waals surface area (Å²) in [7, 11) is 0. The Morgan fingerprint density at radius 2 is 2.03 bits per heavy atom. The Labute approximate surface area is 171 Å². The van der Waals surface area contributed by atoms with Gasteiger partial charge in [0.25, 0.3) is 0 Å². The van der Waals surface area contributed by atoms with Crippen LogP contribution in [-0.4, -0.2) is 46.0 Å². The van der Waals surface area contributed by atoms with Crippen LogP contribution in [0.4, 0.5) is 4.79 Å². The first-order valence-corrected chi connectivity index (χ1v) is 10.2. The normalized spacial score (nSPS) is 16.5. The largest absolute Gasteiger partial charge is 0.444 e. The number of rotatable bonds is 2. The second-order valence-corrected chi connectivity index (χ2v) is 7.77. The Morgan fingerprint density at radius 3 is 2.79 bits per heavy atom. The van der Waals surface area contributed by atoms with Crippen molar-refractivity contribution < 1.29 is 14.3 Å². The van der Waals surface area contributed by atoms with Crippen LogP contribution in [0.5, 0.6) is 0 Å². The lowest BCUT2D eigenvalue weighted by Crippen LogP contribution is -2.37. The number of imidazole rings is 1. The van der Waals surface area contributed by atoms with Crippen LogP contribution in [-0.2, 0) is 15.9 Å². The molecule has 2 aromatic heterocycles. The first-order valence-electron chi connectivity index (χ1n) is 10.2. The predicted molar refractivity (Wildman–Crippen MR) is 114 cm³/mol. The summed E-state index contributed by atoms with van der Waals surface area (Å²) in [4.78, 5) is 21.4. The Morgan fingerprint density at radius 1 is 1.28 bits per heavy atom. The molecular weight excluding hydrogens is 368 g/mol. The maximum atomic E-state index is 12.1. The Kier molecular flexibility index (Phi) is 6.37. The van der Waals surface area contributed by atoms with Crippen molar-refractivity contribution in [3.05, 3.63) is 36.3 Å². The van der Waals surface area contributed by atoms with E-state index in [1.165, 1.54) is 0 Å². The molecule has 1 atom stereocenters. The summed E-state index contributed by atoms with van der Waals surface area (Å²) in [6.45, 7) is 11.1. The van der Waals surface area contributed by atoms with Gasteiger partial charge < -0.3 is 19.4 Å². The van der Waals surface area contributed by atoms with Crippen molar-refractivity contribution in [1.82, 2.24) is 19.9 Å². The topological polar surface area (TPSA) is 78.3 Å². The van der Waals surface area contributed by atoms with Gasteiger partial charge in [-0.2, -0.15) is 0 Å². The third kappa shape index (κ3) is 4.67. The molecule has 1 aromatic carbocycles. The number of pyridine rings is 1. The molecule has 7 heteroatoms. The summed E-state index contributed by atoms with van der Waals surface area (Å²) in [5.74, 6) is 0.955. The van der Waals surface area contributed by atoms with Crippen LogP contribution in [0.2, 0.25) is 0 Å². The van der Waals surface area contributed by atoms with Crippen molar-refractivity contribution in [2.24, 2.45) is 0 Å². The van der Waals surface area contributed by atoms with Gasteiger partial charge in [-0.25, -0.2) is 9.78 Å². The minimum atomic E-state index is -0.529. The van der Waals surface area contributed by atoms with Gasteiger partial charge in [-0.05, 0) is 26.8 Å². The Bertz CT molecular complexity index is 991. The molecule has 3 heterocycles. The molecule has 1 aliphatic heterocycles. The van der Waals surface area contributed by atoms with Crippen molar-refractivity contribution >= 4 is 28.0 Å². The van der Waals surface area contributed by atoms with E-state index in [4.69, 9.17) is 14.5 Å². The zero-order valence-corrected chi connectivity index (χ0v) is 17.9. The van der Waals surface area contributed by atoms with Gasteiger partial charge in [-0.1, -0.05) is 32.0 Å². The van der Waals surface area contributed by atoms with Gasteiger partial charge in [-0.15, -0.1) is 0 Å². The number of nitrogens with zero attached hydrogens (tertiary/aromatic N) is 3. The molecule has 0 radical (unpaired) electrons. The van der Waals surface area contributed by atoms with E-state index in [0.717, 1.165) is 34.2 Å². The fourth-order valence-electron chi connectivity index (χ4n) is 3.47. The summed E-state index contributed by atoms with van der Waals surface area (Å²) in [6.07, 6.45) is 2.12. The van der Waals surface area contributed by atoms with Crippen molar-refractivity contribution in [2.75, 3.05) is 19.8 Å². The molecule has 4 rings (SSSR count). The molecule has 0 unspecified atom stereocenters. The monoisotopic (exact) mass is 398 g/mol. The quantitative estimate of drug-likeness (QED) is 0.698. The summed E-state index contributed by atoms with van der Waals surface area (Å²) in [6, 6.07) is 7.97. The molecule has 1 amide bonds. The van der Waals surface area contributed by atoms with Gasteiger partial charge >= 0.3 is 6.09 Å². The molecule has 3 aromatic rings. The fraction of sp³-hybridized carbons (Fsp3) is 0.500. The van der Waals surface area contributed by atoms with E-state index in [1.807, 2.05) is 59.0 Å². The number of hydrogen-bond donors (Lipinski definition) is 1. The Balaban J connectivity index is 0.00000117. The molecular formula is C22H30N4O3. The molecule has 7 nitrogen and oxygen atoms in total. The number of alkyl carbamates (subject to hydrolysis) is 1. The number of hydrogen-bond acceptors (Lipinski definition) is 5. The first-order chi connectivity index (χ1) is 13.9. The van der Waals surface area contributed by atoms with E-state index >= 15 is 0 Å². The van der Waals surface area contributed by atoms with Crippen LogP contribution in [0.15, 0.2) is 30.5 Å². The highest BCUT2D eigenvalue weighted by molar-refractivity contribution is 6.02. The third-order valence-corrected chi connectivity index (χ3v) is 4.52. The van der Waals surface area contributed by atoms with Crippen molar-refractivity contribution in [1.29, 1.82) is 0 Å². The molecule has 0 spiro atoms. The molecule has 156 valence electrons. The van der Waals surface area contributed by atoms with Gasteiger partial charge in [-0.3, -0.25) is 4.98 Å². The minimum Gasteiger partial charge on any atom is -0.444 e. The average molecular weight is 399 g/mol.